The Bertz CT molecular complexity index is 595. The number of benzene rings is 2. The summed E-state index contributed by atoms with van der Waals surface area (Å²) in [6.45, 7) is 1.20. The fourth-order valence-corrected chi connectivity index (χ4v) is 2.51. The van der Waals surface area contributed by atoms with Crippen molar-refractivity contribution < 1.29 is 9.53 Å². The highest BCUT2D eigenvalue weighted by Crippen LogP contribution is 2.27. The summed E-state index contributed by atoms with van der Waals surface area (Å²) in [5, 5.41) is 0. The molecule has 2 aromatic rings. The first-order valence-electron chi connectivity index (χ1n) is 6.91. The molecule has 0 aliphatic carbocycles. The molecule has 0 saturated heterocycles. The number of nitrogens with zero attached hydrogens (tertiary/aromatic N) is 1. The Hall–Kier alpha value is -2.29. The van der Waals surface area contributed by atoms with Gasteiger partial charge in [0.2, 0.25) is 5.91 Å². The van der Waals surface area contributed by atoms with Gasteiger partial charge in [-0.1, -0.05) is 36.4 Å². The van der Waals surface area contributed by atoms with Gasteiger partial charge in [0.15, 0.2) is 0 Å². The quantitative estimate of drug-likeness (QED) is 0.852. The Kier molecular flexibility index (Phi) is 3.68. The predicted molar refractivity (Wildman–Crippen MR) is 79.1 cm³/mol. The van der Waals surface area contributed by atoms with Gasteiger partial charge < -0.3 is 9.64 Å². The van der Waals surface area contributed by atoms with E-state index in [4.69, 9.17) is 4.74 Å². The third-order valence-electron chi connectivity index (χ3n) is 3.52. The van der Waals surface area contributed by atoms with E-state index >= 15 is 0 Å². The summed E-state index contributed by atoms with van der Waals surface area (Å²) in [4.78, 5) is 14.1. The lowest BCUT2D eigenvalue weighted by Gasteiger charge is -2.17. The highest BCUT2D eigenvalue weighted by Gasteiger charge is 2.23. The van der Waals surface area contributed by atoms with Crippen LogP contribution in [0.2, 0.25) is 0 Å². The normalized spacial score (nSPS) is 13.1. The molecule has 1 heterocycles. The first kappa shape index (κ1) is 12.7. The fourth-order valence-electron chi connectivity index (χ4n) is 2.51. The molecule has 0 fully saturated rings. The van der Waals surface area contributed by atoms with Crippen molar-refractivity contribution in [3.8, 4) is 5.75 Å². The van der Waals surface area contributed by atoms with Crippen molar-refractivity contribution in [1.82, 2.24) is 0 Å². The molecule has 20 heavy (non-hydrogen) atoms. The smallest absolute Gasteiger partial charge is 0.230 e. The second-order valence-corrected chi connectivity index (χ2v) is 4.84. The van der Waals surface area contributed by atoms with Gasteiger partial charge in [0.05, 0.1) is 13.0 Å². The molecular weight excluding hydrogens is 250 g/mol. The van der Waals surface area contributed by atoms with E-state index in [1.807, 2.05) is 53.4 Å². The number of hydrogen-bond donors (Lipinski definition) is 0. The lowest BCUT2D eigenvalue weighted by atomic mass is 10.2. The molecule has 0 unspecified atom stereocenters. The summed E-state index contributed by atoms with van der Waals surface area (Å²) in [6.07, 6.45) is 1.35. The van der Waals surface area contributed by atoms with E-state index in [1.54, 1.807) is 0 Å². The van der Waals surface area contributed by atoms with Crippen LogP contribution >= 0.6 is 0 Å². The molecule has 1 aliphatic heterocycles. The second kappa shape index (κ2) is 5.78. The van der Waals surface area contributed by atoms with Gasteiger partial charge in [-0.2, -0.15) is 0 Å². The van der Waals surface area contributed by atoms with E-state index < -0.39 is 0 Å². The number of carbonyl (C=O) groups excluding carboxylic acids is 1. The van der Waals surface area contributed by atoms with Crippen molar-refractivity contribution in [2.24, 2.45) is 0 Å². The van der Waals surface area contributed by atoms with E-state index in [9.17, 15) is 4.79 Å². The molecule has 3 rings (SSSR count). The van der Waals surface area contributed by atoms with Gasteiger partial charge in [-0.3, -0.25) is 4.79 Å². The molecule has 0 atom stereocenters. The molecule has 0 bridgehead atoms. The Morgan fingerprint density at radius 1 is 1.05 bits per heavy atom. The molecule has 0 radical (unpaired) electrons. The molecule has 0 saturated carbocycles. The lowest BCUT2D eigenvalue weighted by Crippen LogP contribution is -2.30. The number of carbonyl (C=O) groups is 1. The van der Waals surface area contributed by atoms with Gasteiger partial charge in [0.25, 0.3) is 0 Å². The molecule has 1 amide bonds. The third kappa shape index (κ3) is 2.67. The summed E-state index contributed by atoms with van der Waals surface area (Å²) in [7, 11) is 0. The predicted octanol–water partition coefficient (Wildman–Crippen LogP) is 3.04. The zero-order valence-electron chi connectivity index (χ0n) is 11.3. The first-order chi connectivity index (χ1) is 9.84. The SMILES string of the molecule is O=C(CCOc1ccccc1)N1CCc2ccccc21. The number of hydrogen-bond acceptors (Lipinski definition) is 2. The van der Waals surface area contributed by atoms with Crippen LogP contribution in [-0.4, -0.2) is 19.1 Å². The van der Waals surface area contributed by atoms with Gasteiger partial charge in [-0.05, 0) is 30.2 Å². The first-order valence-corrected chi connectivity index (χ1v) is 6.91. The fraction of sp³-hybridized carbons (Fsp3) is 0.235. The summed E-state index contributed by atoms with van der Waals surface area (Å²) in [6, 6.07) is 17.7. The minimum absolute atomic E-state index is 0.130. The Balaban J connectivity index is 1.56. The standard InChI is InChI=1S/C17H17NO2/c19-17(11-13-20-15-7-2-1-3-8-15)18-12-10-14-6-4-5-9-16(14)18/h1-9H,10-13H2. The maximum absolute atomic E-state index is 12.2. The van der Waals surface area contributed by atoms with Crippen molar-refractivity contribution >= 4 is 11.6 Å². The van der Waals surface area contributed by atoms with E-state index in [2.05, 4.69) is 6.07 Å². The average Bonchev–Trinajstić information content (AvgIpc) is 2.92. The van der Waals surface area contributed by atoms with Crippen LogP contribution < -0.4 is 9.64 Å². The lowest BCUT2D eigenvalue weighted by molar-refractivity contribution is -0.119. The van der Waals surface area contributed by atoms with Crippen molar-refractivity contribution in [2.75, 3.05) is 18.1 Å². The zero-order valence-corrected chi connectivity index (χ0v) is 11.3. The molecule has 0 N–H and O–H groups in total. The number of amides is 1. The molecule has 102 valence electrons. The average molecular weight is 267 g/mol. The molecular formula is C17H17NO2. The van der Waals surface area contributed by atoms with Crippen LogP contribution in [0.5, 0.6) is 5.75 Å². The molecule has 0 aromatic heterocycles. The van der Waals surface area contributed by atoms with E-state index in [1.165, 1.54) is 5.56 Å². The van der Waals surface area contributed by atoms with Crippen LogP contribution in [0.3, 0.4) is 0 Å². The Labute approximate surface area is 118 Å². The monoisotopic (exact) mass is 267 g/mol. The number of anilines is 1. The maximum Gasteiger partial charge on any atom is 0.230 e. The second-order valence-electron chi connectivity index (χ2n) is 4.84. The van der Waals surface area contributed by atoms with Crippen molar-refractivity contribution in [1.29, 1.82) is 0 Å². The Morgan fingerprint density at radius 2 is 1.80 bits per heavy atom. The van der Waals surface area contributed by atoms with Crippen LogP contribution in [0.1, 0.15) is 12.0 Å². The highest BCUT2D eigenvalue weighted by molar-refractivity contribution is 5.95. The van der Waals surface area contributed by atoms with Crippen molar-refractivity contribution in [2.45, 2.75) is 12.8 Å². The largest absolute Gasteiger partial charge is 0.493 e. The van der Waals surface area contributed by atoms with E-state index in [0.717, 1.165) is 24.4 Å². The molecule has 0 spiro atoms. The van der Waals surface area contributed by atoms with E-state index in [0.29, 0.717) is 13.0 Å². The van der Waals surface area contributed by atoms with Gasteiger partial charge in [-0.25, -0.2) is 0 Å². The van der Waals surface area contributed by atoms with Crippen LogP contribution in [0.4, 0.5) is 5.69 Å². The van der Waals surface area contributed by atoms with Crippen LogP contribution in [-0.2, 0) is 11.2 Å². The van der Waals surface area contributed by atoms with Crippen molar-refractivity contribution in [3.63, 3.8) is 0 Å². The van der Waals surface area contributed by atoms with Crippen molar-refractivity contribution in [3.05, 3.63) is 60.2 Å². The summed E-state index contributed by atoms with van der Waals surface area (Å²) in [5.41, 5.74) is 2.31. The topological polar surface area (TPSA) is 29.5 Å². The van der Waals surface area contributed by atoms with Gasteiger partial charge in [0, 0.05) is 12.2 Å². The Morgan fingerprint density at radius 3 is 2.65 bits per heavy atom. The van der Waals surface area contributed by atoms with Gasteiger partial charge in [0.1, 0.15) is 5.75 Å². The molecule has 3 heteroatoms. The summed E-state index contributed by atoms with van der Waals surface area (Å²) >= 11 is 0. The molecule has 2 aromatic carbocycles. The number of fused-ring (bicyclic) bond motifs is 1. The summed E-state index contributed by atoms with van der Waals surface area (Å²) < 4.78 is 5.58. The highest BCUT2D eigenvalue weighted by atomic mass is 16.5. The molecule has 3 nitrogen and oxygen atoms in total. The van der Waals surface area contributed by atoms with Gasteiger partial charge in [-0.15, -0.1) is 0 Å². The van der Waals surface area contributed by atoms with E-state index in [-0.39, 0.29) is 5.91 Å². The van der Waals surface area contributed by atoms with Crippen LogP contribution in [0.25, 0.3) is 0 Å². The number of rotatable bonds is 4. The number of para-hydroxylation sites is 2. The zero-order chi connectivity index (χ0) is 13.8. The van der Waals surface area contributed by atoms with Crippen LogP contribution in [0, 0.1) is 0 Å². The molecule has 1 aliphatic rings. The summed E-state index contributed by atoms with van der Waals surface area (Å²) in [5.74, 6) is 0.938. The maximum atomic E-state index is 12.2. The number of ether oxygens (including phenoxy) is 1. The minimum Gasteiger partial charge on any atom is -0.493 e. The van der Waals surface area contributed by atoms with Gasteiger partial charge >= 0.3 is 0 Å². The third-order valence-corrected chi connectivity index (χ3v) is 3.52. The minimum atomic E-state index is 0.130. The van der Waals surface area contributed by atoms with Crippen LogP contribution in [0.15, 0.2) is 54.6 Å².